The van der Waals surface area contributed by atoms with Gasteiger partial charge in [-0.15, -0.1) is 0 Å². The van der Waals surface area contributed by atoms with E-state index in [-0.39, 0.29) is 5.97 Å². The third-order valence-electron chi connectivity index (χ3n) is 5.06. The van der Waals surface area contributed by atoms with Gasteiger partial charge >= 0.3 is 5.97 Å². The molecule has 2 fully saturated rings. The number of likely N-dealkylation sites (tertiary alicyclic amines) is 1. The lowest BCUT2D eigenvalue weighted by Gasteiger charge is -2.55. The molecule has 4 heteroatoms. The number of ether oxygens (including phenoxy) is 1. The summed E-state index contributed by atoms with van der Waals surface area (Å²) in [6.07, 6.45) is 2.61. The SMILES string of the molecule is COC(=O)c1ccc(N2CC3(CCN(C)CC3)C2)c(C)c1. The molecule has 0 bridgehead atoms. The predicted molar refractivity (Wildman–Crippen MR) is 83.9 cm³/mol. The standard InChI is InChI=1S/C17H24N2O2/c1-13-10-14(16(20)21-3)4-5-15(13)19-11-17(12-19)6-8-18(2)9-7-17/h4-5,10H,6-9,11-12H2,1-3H3. The normalized spacial score (nSPS) is 21.2. The Bertz CT molecular complexity index is 540. The summed E-state index contributed by atoms with van der Waals surface area (Å²) in [5, 5.41) is 0. The lowest BCUT2D eigenvalue weighted by molar-refractivity contribution is 0.0600. The summed E-state index contributed by atoms with van der Waals surface area (Å²) in [4.78, 5) is 16.4. The van der Waals surface area contributed by atoms with Gasteiger partial charge in [0.25, 0.3) is 0 Å². The Labute approximate surface area is 126 Å². The Hall–Kier alpha value is -1.55. The second kappa shape index (κ2) is 5.34. The van der Waals surface area contributed by atoms with E-state index in [0.717, 1.165) is 18.7 Å². The highest BCUT2D eigenvalue weighted by atomic mass is 16.5. The molecular weight excluding hydrogens is 264 g/mol. The molecule has 0 radical (unpaired) electrons. The van der Waals surface area contributed by atoms with Crippen LogP contribution >= 0.6 is 0 Å². The van der Waals surface area contributed by atoms with E-state index >= 15 is 0 Å². The number of piperidine rings is 1. The number of carbonyl (C=O) groups is 1. The number of methoxy groups -OCH3 is 1. The van der Waals surface area contributed by atoms with Gasteiger partial charge in [-0.25, -0.2) is 4.79 Å². The fourth-order valence-corrected chi connectivity index (χ4v) is 3.60. The first-order chi connectivity index (χ1) is 10.0. The van der Waals surface area contributed by atoms with Crippen LogP contribution in [0.3, 0.4) is 0 Å². The molecule has 3 rings (SSSR count). The highest BCUT2D eigenvalue weighted by molar-refractivity contribution is 5.90. The topological polar surface area (TPSA) is 32.8 Å². The summed E-state index contributed by atoms with van der Waals surface area (Å²) in [5.74, 6) is -0.264. The number of nitrogens with zero attached hydrogens (tertiary/aromatic N) is 2. The maximum Gasteiger partial charge on any atom is 0.337 e. The van der Waals surface area contributed by atoms with E-state index in [2.05, 4.69) is 29.8 Å². The summed E-state index contributed by atoms with van der Waals surface area (Å²) < 4.78 is 4.77. The van der Waals surface area contributed by atoms with E-state index in [0.29, 0.717) is 11.0 Å². The third kappa shape index (κ3) is 2.64. The lowest BCUT2D eigenvalue weighted by Crippen LogP contribution is -2.60. The predicted octanol–water partition coefficient (Wildman–Crippen LogP) is 2.31. The van der Waals surface area contributed by atoms with Crippen LogP contribution in [-0.4, -0.2) is 51.2 Å². The first-order valence-electron chi connectivity index (χ1n) is 7.65. The summed E-state index contributed by atoms with van der Waals surface area (Å²) in [5.41, 5.74) is 3.57. The molecule has 0 aromatic heterocycles. The quantitative estimate of drug-likeness (QED) is 0.782. The third-order valence-corrected chi connectivity index (χ3v) is 5.06. The van der Waals surface area contributed by atoms with Gasteiger partial charge in [0.1, 0.15) is 0 Å². The van der Waals surface area contributed by atoms with Gasteiger partial charge in [-0.05, 0) is 63.7 Å². The Balaban J connectivity index is 1.68. The Kier molecular flexibility index (Phi) is 3.66. The molecular formula is C17H24N2O2. The highest BCUT2D eigenvalue weighted by Crippen LogP contribution is 2.43. The zero-order chi connectivity index (χ0) is 15.0. The second-order valence-corrected chi connectivity index (χ2v) is 6.65. The van der Waals surface area contributed by atoms with Crippen LogP contribution in [0.1, 0.15) is 28.8 Å². The summed E-state index contributed by atoms with van der Waals surface area (Å²) in [6, 6.07) is 5.86. The first-order valence-corrected chi connectivity index (χ1v) is 7.65. The minimum atomic E-state index is -0.264. The molecule has 0 atom stereocenters. The van der Waals surface area contributed by atoms with Crippen LogP contribution in [0.25, 0.3) is 0 Å². The van der Waals surface area contributed by atoms with Crippen LogP contribution in [0.4, 0.5) is 5.69 Å². The smallest absolute Gasteiger partial charge is 0.337 e. The van der Waals surface area contributed by atoms with E-state index in [9.17, 15) is 4.79 Å². The van der Waals surface area contributed by atoms with E-state index in [1.165, 1.54) is 38.7 Å². The molecule has 114 valence electrons. The van der Waals surface area contributed by atoms with Crippen LogP contribution in [-0.2, 0) is 4.74 Å². The molecule has 0 amide bonds. The highest BCUT2D eigenvalue weighted by Gasteiger charge is 2.44. The second-order valence-electron chi connectivity index (χ2n) is 6.65. The molecule has 21 heavy (non-hydrogen) atoms. The molecule has 0 aliphatic carbocycles. The van der Waals surface area contributed by atoms with Crippen molar-refractivity contribution in [1.82, 2.24) is 4.90 Å². The molecule has 2 aliphatic heterocycles. The van der Waals surface area contributed by atoms with Crippen LogP contribution in [0, 0.1) is 12.3 Å². The van der Waals surface area contributed by atoms with Crippen molar-refractivity contribution in [1.29, 1.82) is 0 Å². The van der Waals surface area contributed by atoms with Gasteiger partial charge in [0, 0.05) is 24.2 Å². The van der Waals surface area contributed by atoms with Gasteiger partial charge in [0.2, 0.25) is 0 Å². The van der Waals surface area contributed by atoms with E-state index in [1.807, 2.05) is 12.1 Å². The minimum Gasteiger partial charge on any atom is -0.465 e. The summed E-state index contributed by atoms with van der Waals surface area (Å²) in [6.45, 7) is 6.81. The van der Waals surface area contributed by atoms with Crippen molar-refractivity contribution < 1.29 is 9.53 Å². The number of carbonyl (C=O) groups excluding carboxylic acids is 1. The van der Waals surface area contributed by atoms with Crippen molar-refractivity contribution in [2.75, 3.05) is 45.2 Å². The minimum absolute atomic E-state index is 0.264. The molecule has 0 N–H and O–H groups in total. The van der Waals surface area contributed by atoms with Crippen molar-refractivity contribution in [2.24, 2.45) is 5.41 Å². The Morgan fingerprint density at radius 3 is 2.48 bits per heavy atom. The number of aryl methyl sites for hydroxylation is 1. The largest absolute Gasteiger partial charge is 0.465 e. The van der Waals surface area contributed by atoms with Gasteiger partial charge in [-0.1, -0.05) is 0 Å². The zero-order valence-electron chi connectivity index (χ0n) is 13.2. The fourth-order valence-electron chi connectivity index (χ4n) is 3.60. The Morgan fingerprint density at radius 1 is 1.24 bits per heavy atom. The van der Waals surface area contributed by atoms with Crippen LogP contribution in [0.2, 0.25) is 0 Å². The van der Waals surface area contributed by atoms with Gasteiger partial charge in [-0.3, -0.25) is 0 Å². The van der Waals surface area contributed by atoms with Crippen molar-refractivity contribution >= 4 is 11.7 Å². The molecule has 2 heterocycles. The van der Waals surface area contributed by atoms with Gasteiger partial charge in [0.15, 0.2) is 0 Å². The summed E-state index contributed by atoms with van der Waals surface area (Å²) >= 11 is 0. The summed E-state index contributed by atoms with van der Waals surface area (Å²) in [7, 11) is 3.63. The van der Waals surface area contributed by atoms with Crippen LogP contribution < -0.4 is 4.90 Å². The maximum absolute atomic E-state index is 11.6. The molecule has 1 aromatic carbocycles. The number of rotatable bonds is 2. The molecule has 1 spiro atoms. The zero-order valence-corrected chi connectivity index (χ0v) is 13.2. The fraction of sp³-hybridized carbons (Fsp3) is 0.588. The van der Waals surface area contributed by atoms with E-state index < -0.39 is 0 Å². The van der Waals surface area contributed by atoms with Crippen LogP contribution in [0.5, 0.6) is 0 Å². The molecule has 4 nitrogen and oxygen atoms in total. The van der Waals surface area contributed by atoms with E-state index in [1.54, 1.807) is 0 Å². The first kappa shape index (κ1) is 14.4. The lowest BCUT2D eigenvalue weighted by atomic mass is 9.71. The average molecular weight is 288 g/mol. The van der Waals surface area contributed by atoms with Crippen molar-refractivity contribution in [3.05, 3.63) is 29.3 Å². The monoisotopic (exact) mass is 288 g/mol. The molecule has 1 aromatic rings. The van der Waals surface area contributed by atoms with E-state index in [4.69, 9.17) is 4.74 Å². The van der Waals surface area contributed by atoms with Crippen molar-refractivity contribution in [3.63, 3.8) is 0 Å². The van der Waals surface area contributed by atoms with Crippen molar-refractivity contribution in [2.45, 2.75) is 19.8 Å². The molecule has 0 unspecified atom stereocenters. The van der Waals surface area contributed by atoms with Crippen LogP contribution in [0.15, 0.2) is 18.2 Å². The van der Waals surface area contributed by atoms with Gasteiger partial charge in [0.05, 0.1) is 12.7 Å². The number of hydrogen-bond donors (Lipinski definition) is 0. The average Bonchev–Trinajstić information content (AvgIpc) is 2.45. The molecule has 2 saturated heterocycles. The number of benzene rings is 1. The number of anilines is 1. The molecule has 2 aliphatic rings. The van der Waals surface area contributed by atoms with Gasteiger partial charge in [-0.2, -0.15) is 0 Å². The molecule has 0 saturated carbocycles. The maximum atomic E-state index is 11.6. The Morgan fingerprint density at radius 2 is 1.90 bits per heavy atom. The number of hydrogen-bond acceptors (Lipinski definition) is 4. The number of esters is 1. The van der Waals surface area contributed by atoms with Crippen molar-refractivity contribution in [3.8, 4) is 0 Å². The van der Waals surface area contributed by atoms with Gasteiger partial charge < -0.3 is 14.5 Å².